The monoisotopic (exact) mass is 329 g/mol. The van der Waals surface area contributed by atoms with Gasteiger partial charge in [-0.05, 0) is 11.6 Å². The van der Waals surface area contributed by atoms with Crippen LogP contribution in [0.2, 0.25) is 0 Å². The van der Waals surface area contributed by atoms with Gasteiger partial charge in [0.25, 0.3) is 0 Å². The van der Waals surface area contributed by atoms with Crippen molar-refractivity contribution in [3.05, 3.63) is 58.1 Å². The molecule has 3 rings (SSSR count). The maximum atomic E-state index is 11.4. The number of thiazole rings is 1. The van der Waals surface area contributed by atoms with Crippen LogP contribution in [0.25, 0.3) is 0 Å². The van der Waals surface area contributed by atoms with E-state index in [1.165, 1.54) is 17.7 Å². The number of rotatable bonds is 6. The second-order valence-corrected chi connectivity index (χ2v) is 5.25. The van der Waals surface area contributed by atoms with Gasteiger partial charge in [-0.2, -0.15) is 0 Å². The van der Waals surface area contributed by atoms with E-state index in [9.17, 15) is 10.1 Å². The summed E-state index contributed by atoms with van der Waals surface area (Å²) in [5.74, 6) is 0.224. The second-order valence-electron chi connectivity index (χ2n) is 4.35. The third kappa shape index (κ3) is 3.55. The van der Waals surface area contributed by atoms with Crippen molar-refractivity contribution in [2.45, 2.75) is 6.54 Å². The molecule has 0 aromatic carbocycles. The fraction of sp³-hybridized carbons (Fsp3) is 0.0769. The Morgan fingerprint density at radius 2 is 2.09 bits per heavy atom. The van der Waals surface area contributed by atoms with Crippen LogP contribution in [0.3, 0.4) is 0 Å². The van der Waals surface area contributed by atoms with Crippen molar-refractivity contribution in [3.63, 3.8) is 0 Å². The first-order valence-electron chi connectivity index (χ1n) is 6.52. The zero-order chi connectivity index (χ0) is 16.1. The van der Waals surface area contributed by atoms with E-state index in [-0.39, 0.29) is 17.3 Å². The summed E-state index contributed by atoms with van der Waals surface area (Å²) >= 11 is 1.32. The molecule has 0 unspecified atom stereocenters. The van der Waals surface area contributed by atoms with Gasteiger partial charge in [-0.1, -0.05) is 6.07 Å². The van der Waals surface area contributed by atoms with E-state index in [4.69, 9.17) is 0 Å². The number of nitrogens with one attached hydrogen (secondary N) is 2. The average molecular weight is 329 g/mol. The summed E-state index contributed by atoms with van der Waals surface area (Å²) in [5.41, 5.74) is 0.654. The van der Waals surface area contributed by atoms with Gasteiger partial charge in [0.2, 0.25) is 11.6 Å². The predicted octanol–water partition coefficient (Wildman–Crippen LogP) is 2.59. The summed E-state index contributed by atoms with van der Waals surface area (Å²) in [6.45, 7) is 0.363. The largest absolute Gasteiger partial charge is 0.360 e. The highest BCUT2D eigenvalue weighted by Gasteiger charge is 2.23. The van der Waals surface area contributed by atoms with Gasteiger partial charge >= 0.3 is 5.69 Å². The fourth-order valence-electron chi connectivity index (χ4n) is 1.85. The Kier molecular flexibility index (Phi) is 4.34. The molecule has 3 aromatic rings. The van der Waals surface area contributed by atoms with Crippen LogP contribution in [0.5, 0.6) is 0 Å². The Morgan fingerprint density at radius 3 is 2.78 bits per heavy atom. The highest BCUT2D eigenvalue weighted by Crippen LogP contribution is 2.31. The standard InChI is InChI=1S/C13H11N7O2S/c21-20(22)10-11(16-7-9-2-1-3-14-6-9)17-8-18-12(10)19-13-15-4-5-23-13/h1-6,8H,7H2,(H2,15,16,17,18,19). The molecule has 0 bridgehead atoms. The lowest BCUT2D eigenvalue weighted by molar-refractivity contribution is -0.383. The van der Waals surface area contributed by atoms with Gasteiger partial charge in [0, 0.05) is 30.5 Å². The van der Waals surface area contributed by atoms with Crippen LogP contribution in [0.4, 0.5) is 22.5 Å². The molecule has 0 saturated carbocycles. The highest BCUT2D eigenvalue weighted by molar-refractivity contribution is 7.13. The van der Waals surface area contributed by atoms with Crippen LogP contribution < -0.4 is 10.6 Å². The van der Waals surface area contributed by atoms with E-state index >= 15 is 0 Å². The number of hydrogen-bond acceptors (Lipinski definition) is 9. The zero-order valence-electron chi connectivity index (χ0n) is 11.7. The minimum atomic E-state index is -0.526. The molecule has 23 heavy (non-hydrogen) atoms. The van der Waals surface area contributed by atoms with Crippen LogP contribution in [-0.2, 0) is 6.54 Å². The zero-order valence-corrected chi connectivity index (χ0v) is 12.5. The van der Waals surface area contributed by atoms with E-state index in [2.05, 4.69) is 30.6 Å². The number of nitro groups is 1. The maximum Gasteiger partial charge on any atom is 0.353 e. The number of pyridine rings is 1. The Hall–Kier alpha value is -3.14. The van der Waals surface area contributed by atoms with Gasteiger partial charge < -0.3 is 10.6 Å². The van der Waals surface area contributed by atoms with Gasteiger partial charge in [-0.25, -0.2) is 15.0 Å². The maximum absolute atomic E-state index is 11.4. The number of nitrogens with zero attached hydrogens (tertiary/aromatic N) is 5. The highest BCUT2D eigenvalue weighted by atomic mass is 32.1. The summed E-state index contributed by atoms with van der Waals surface area (Å²) < 4.78 is 0. The molecule has 3 aromatic heterocycles. The Labute approximate surface area is 134 Å². The summed E-state index contributed by atoms with van der Waals surface area (Å²) in [7, 11) is 0. The van der Waals surface area contributed by atoms with Crippen molar-refractivity contribution in [3.8, 4) is 0 Å². The van der Waals surface area contributed by atoms with E-state index in [0.29, 0.717) is 11.7 Å². The first kappa shape index (κ1) is 14.8. The van der Waals surface area contributed by atoms with E-state index in [0.717, 1.165) is 5.56 Å². The van der Waals surface area contributed by atoms with Crippen molar-refractivity contribution in [2.24, 2.45) is 0 Å². The van der Waals surface area contributed by atoms with Gasteiger partial charge in [0.15, 0.2) is 5.13 Å². The van der Waals surface area contributed by atoms with Crippen molar-refractivity contribution in [1.82, 2.24) is 19.9 Å². The molecule has 2 N–H and O–H groups in total. The van der Waals surface area contributed by atoms with Crippen LogP contribution in [0, 0.1) is 10.1 Å². The summed E-state index contributed by atoms with van der Waals surface area (Å²) in [6.07, 6.45) is 6.19. The van der Waals surface area contributed by atoms with Crippen LogP contribution >= 0.6 is 11.3 Å². The number of hydrogen-bond donors (Lipinski definition) is 2. The molecule has 0 spiro atoms. The summed E-state index contributed by atoms with van der Waals surface area (Å²) in [6, 6.07) is 3.66. The SMILES string of the molecule is O=[N+]([O-])c1c(NCc2cccnc2)ncnc1Nc1nccs1. The summed E-state index contributed by atoms with van der Waals surface area (Å²) in [4.78, 5) is 26.8. The lowest BCUT2D eigenvalue weighted by Crippen LogP contribution is -2.08. The lowest BCUT2D eigenvalue weighted by Gasteiger charge is -2.08. The van der Waals surface area contributed by atoms with Gasteiger partial charge in [0.1, 0.15) is 6.33 Å². The van der Waals surface area contributed by atoms with Crippen molar-refractivity contribution in [1.29, 1.82) is 0 Å². The molecule has 0 saturated heterocycles. The van der Waals surface area contributed by atoms with Crippen LogP contribution in [-0.4, -0.2) is 24.9 Å². The van der Waals surface area contributed by atoms with E-state index < -0.39 is 4.92 Å². The molecule has 0 radical (unpaired) electrons. The van der Waals surface area contributed by atoms with E-state index in [1.807, 2.05) is 6.07 Å². The molecule has 10 heteroatoms. The quantitative estimate of drug-likeness (QED) is 0.523. The molecule has 0 aliphatic heterocycles. The smallest absolute Gasteiger partial charge is 0.353 e. The molecule has 0 atom stereocenters. The minimum Gasteiger partial charge on any atom is -0.360 e. The second kappa shape index (κ2) is 6.75. The van der Waals surface area contributed by atoms with Gasteiger partial charge in [-0.3, -0.25) is 15.1 Å². The van der Waals surface area contributed by atoms with Crippen LogP contribution in [0.15, 0.2) is 42.4 Å². The molecule has 0 aliphatic carbocycles. The first-order valence-corrected chi connectivity index (χ1v) is 7.40. The molecule has 0 amide bonds. The number of anilines is 3. The summed E-state index contributed by atoms with van der Waals surface area (Å²) in [5, 5.41) is 19.5. The molecule has 9 nitrogen and oxygen atoms in total. The first-order chi connectivity index (χ1) is 11.2. The topological polar surface area (TPSA) is 119 Å². The lowest BCUT2D eigenvalue weighted by atomic mass is 10.3. The molecule has 3 heterocycles. The molecule has 0 aliphatic rings. The van der Waals surface area contributed by atoms with Crippen molar-refractivity contribution in [2.75, 3.05) is 10.6 Å². The van der Waals surface area contributed by atoms with Gasteiger partial charge in [0.05, 0.1) is 4.92 Å². The Morgan fingerprint density at radius 1 is 1.22 bits per heavy atom. The molecular weight excluding hydrogens is 318 g/mol. The Balaban J connectivity index is 1.86. The molecule has 116 valence electrons. The predicted molar refractivity (Wildman–Crippen MR) is 85.6 cm³/mol. The van der Waals surface area contributed by atoms with Crippen LogP contribution in [0.1, 0.15) is 5.56 Å². The normalized spacial score (nSPS) is 10.3. The average Bonchev–Trinajstić information content (AvgIpc) is 3.06. The number of aromatic nitrogens is 4. The molecular formula is C13H11N7O2S. The third-order valence-electron chi connectivity index (χ3n) is 2.85. The third-order valence-corrected chi connectivity index (χ3v) is 3.53. The molecule has 0 fully saturated rings. The minimum absolute atomic E-state index is 0.0913. The van der Waals surface area contributed by atoms with Gasteiger partial charge in [-0.15, -0.1) is 11.3 Å². The Bertz CT molecular complexity index is 795. The van der Waals surface area contributed by atoms with Crippen molar-refractivity contribution >= 4 is 33.8 Å². The fourth-order valence-corrected chi connectivity index (χ4v) is 2.38. The van der Waals surface area contributed by atoms with E-state index in [1.54, 1.807) is 30.0 Å². The van der Waals surface area contributed by atoms with Crippen molar-refractivity contribution < 1.29 is 4.92 Å².